The van der Waals surface area contributed by atoms with Gasteiger partial charge in [0, 0.05) is 22.1 Å². The summed E-state index contributed by atoms with van der Waals surface area (Å²) >= 11 is 0. The van der Waals surface area contributed by atoms with Gasteiger partial charge in [-0.05, 0) is 34.7 Å². The number of pyridine rings is 1. The average molecular weight is 303 g/mol. The average Bonchev–Trinajstić information content (AvgIpc) is 2.60. The molecule has 0 aliphatic carbocycles. The van der Waals surface area contributed by atoms with E-state index in [2.05, 4.69) is 20.3 Å². The molecule has 0 aliphatic rings. The predicted molar refractivity (Wildman–Crippen MR) is 89.0 cm³/mol. The summed E-state index contributed by atoms with van der Waals surface area (Å²) in [4.78, 5) is 19.3. The Morgan fingerprint density at radius 1 is 1.17 bits per heavy atom. The van der Waals surface area contributed by atoms with E-state index in [9.17, 15) is 4.79 Å². The van der Waals surface area contributed by atoms with E-state index in [4.69, 9.17) is 5.53 Å². The summed E-state index contributed by atoms with van der Waals surface area (Å²) in [7, 11) is 0. The molecule has 6 nitrogen and oxygen atoms in total. The summed E-state index contributed by atoms with van der Waals surface area (Å²) in [6.07, 6.45) is 1.64. The second-order valence-electron chi connectivity index (χ2n) is 4.92. The molecule has 0 saturated carbocycles. The van der Waals surface area contributed by atoms with E-state index in [0.717, 1.165) is 16.3 Å². The summed E-state index contributed by atoms with van der Waals surface area (Å²) in [6.45, 7) is 0.292. The van der Waals surface area contributed by atoms with Gasteiger partial charge in [-0.15, -0.1) is 0 Å². The molecule has 0 atom stereocenters. The third-order valence-electron chi connectivity index (χ3n) is 3.41. The van der Waals surface area contributed by atoms with Crippen LogP contribution in [0.25, 0.3) is 21.2 Å². The van der Waals surface area contributed by atoms with Crippen molar-refractivity contribution in [2.45, 2.75) is 6.54 Å². The van der Waals surface area contributed by atoms with Crippen LogP contribution in [0, 0.1) is 0 Å². The van der Waals surface area contributed by atoms with Gasteiger partial charge in [-0.3, -0.25) is 4.79 Å². The predicted octanol–water partition coefficient (Wildman–Crippen LogP) is 4.30. The first-order valence-corrected chi connectivity index (χ1v) is 7.03. The fourth-order valence-corrected chi connectivity index (χ4v) is 2.31. The molecule has 1 heterocycles. The van der Waals surface area contributed by atoms with Crippen LogP contribution in [0.5, 0.6) is 0 Å². The minimum absolute atomic E-state index is 0.205. The van der Waals surface area contributed by atoms with Crippen molar-refractivity contribution in [2.24, 2.45) is 5.11 Å². The molecule has 3 aromatic rings. The molecule has 6 heteroatoms. The molecular formula is C17H13N5O. The number of rotatable bonds is 4. The zero-order valence-corrected chi connectivity index (χ0v) is 12.2. The Bertz CT molecular complexity index is 901. The van der Waals surface area contributed by atoms with E-state index in [-0.39, 0.29) is 5.91 Å². The van der Waals surface area contributed by atoms with Crippen molar-refractivity contribution in [1.29, 1.82) is 0 Å². The number of nitrogens with one attached hydrogen (secondary N) is 1. The van der Waals surface area contributed by atoms with Crippen LogP contribution < -0.4 is 5.32 Å². The molecule has 0 aliphatic heterocycles. The van der Waals surface area contributed by atoms with Gasteiger partial charge in [0.1, 0.15) is 5.82 Å². The smallest absolute Gasteiger partial charge is 0.256 e. The van der Waals surface area contributed by atoms with Crippen LogP contribution in [0.1, 0.15) is 15.9 Å². The number of hydrogen-bond acceptors (Lipinski definition) is 3. The fourth-order valence-electron chi connectivity index (χ4n) is 2.31. The molecule has 0 spiro atoms. The molecule has 23 heavy (non-hydrogen) atoms. The van der Waals surface area contributed by atoms with Crippen molar-refractivity contribution >= 4 is 22.5 Å². The molecule has 0 unspecified atom stereocenters. The second-order valence-corrected chi connectivity index (χ2v) is 4.92. The summed E-state index contributed by atoms with van der Waals surface area (Å²) in [5.41, 5.74) is 9.87. The first-order chi connectivity index (χ1) is 11.3. The van der Waals surface area contributed by atoms with E-state index in [1.165, 1.54) is 0 Å². The Hall–Kier alpha value is -3.37. The summed E-state index contributed by atoms with van der Waals surface area (Å²) < 4.78 is 0. The van der Waals surface area contributed by atoms with Crippen LogP contribution in [0.2, 0.25) is 0 Å². The van der Waals surface area contributed by atoms with Crippen molar-refractivity contribution < 1.29 is 4.79 Å². The number of hydrogen-bond donors (Lipinski definition) is 1. The van der Waals surface area contributed by atoms with Crippen LogP contribution in [0.15, 0.2) is 65.9 Å². The number of aromatic nitrogens is 1. The minimum Gasteiger partial charge on any atom is -0.306 e. The van der Waals surface area contributed by atoms with Gasteiger partial charge in [-0.2, -0.15) is 0 Å². The van der Waals surface area contributed by atoms with Gasteiger partial charge >= 0.3 is 0 Å². The van der Waals surface area contributed by atoms with Crippen molar-refractivity contribution in [3.63, 3.8) is 0 Å². The Balaban J connectivity index is 1.92. The monoisotopic (exact) mass is 303 g/mol. The first-order valence-electron chi connectivity index (χ1n) is 7.03. The molecule has 3 rings (SSSR count). The van der Waals surface area contributed by atoms with Gasteiger partial charge in [-0.1, -0.05) is 41.5 Å². The highest BCUT2D eigenvalue weighted by Crippen LogP contribution is 2.23. The first kappa shape index (κ1) is 14.6. The fraction of sp³-hybridized carbons (Fsp3) is 0.0588. The Labute approximate surface area is 132 Å². The van der Waals surface area contributed by atoms with E-state index in [0.29, 0.717) is 17.9 Å². The number of nitrogens with zero attached hydrogens (tertiary/aromatic N) is 4. The van der Waals surface area contributed by atoms with E-state index in [1.807, 2.05) is 42.5 Å². The number of amides is 1. The number of carbonyl (C=O) groups is 1. The highest BCUT2D eigenvalue weighted by molar-refractivity contribution is 6.08. The van der Waals surface area contributed by atoms with Crippen molar-refractivity contribution in [3.05, 3.63) is 82.4 Å². The van der Waals surface area contributed by atoms with Gasteiger partial charge in [0.15, 0.2) is 0 Å². The molecule has 1 aromatic heterocycles. The number of benzene rings is 2. The quantitative estimate of drug-likeness (QED) is 0.442. The molecule has 0 radical (unpaired) electrons. The van der Waals surface area contributed by atoms with E-state index >= 15 is 0 Å². The van der Waals surface area contributed by atoms with Gasteiger partial charge in [0.25, 0.3) is 5.91 Å². The summed E-state index contributed by atoms with van der Waals surface area (Å²) in [6, 6.07) is 16.5. The van der Waals surface area contributed by atoms with Crippen LogP contribution in [-0.2, 0) is 6.54 Å². The van der Waals surface area contributed by atoms with E-state index in [1.54, 1.807) is 18.3 Å². The van der Waals surface area contributed by atoms with Gasteiger partial charge < -0.3 is 5.32 Å². The van der Waals surface area contributed by atoms with Crippen molar-refractivity contribution in [2.75, 3.05) is 5.32 Å². The highest BCUT2D eigenvalue weighted by atomic mass is 16.1. The third kappa shape index (κ3) is 3.28. The summed E-state index contributed by atoms with van der Waals surface area (Å²) in [5.74, 6) is 0.301. The van der Waals surface area contributed by atoms with Gasteiger partial charge in [0.05, 0.1) is 6.54 Å². The number of azide groups is 1. The Morgan fingerprint density at radius 3 is 2.78 bits per heavy atom. The maximum absolute atomic E-state index is 12.3. The van der Waals surface area contributed by atoms with Gasteiger partial charge in [-0.25, -0.2) is 4.98 Å². The molecule has 1 amide bonds. The van der Waals surface area contributed by atoms with E-state index < -0.39 is 0 Å². The topological polar surface area (TPSA) is 90.8 Å². The molecule has 0 fully saturated rings. The lowest BCUT2D eigenvalue weighted by atomic mass is 10.1. The number of carbonyl (C=O) groups excluding carboxylic acids is 1. The van der Waals surface area contributed by atoms with Crippen molar-refractivity contribution in [1.82, 2.24) is 4.98 Å². The van der Waals surface area contributed by atoms with Crippen molar-refractivity contribution in [3.8, 4) is 0 Å². The summed E-state index contributed by atoms with van der Waals surface area (Å²) in [5, 5.41) is 8.15. The maximum atomic E-state index is 12.3. The molecule has 1 N–H and O–H groups in total. The lowest BCUT2D eigenvalue weighted by molar-refractivity contribution is 0.102. The van der Waals surface area contributed by atoms with Gasteiger partial charge in [0.2, 0.25) is 0 Å². The molecule has 0 bridgehead atoms. The normalized spacial score (nSPS) is 10.1. The SMILES string of the molecule is [N-]=[N+]=NCc1ccc2c(NC(=O)c3ccccc3)nccc2c1. The standard InChI is InChI=1S/C17H13N5O/c18-22-20-11-12-6-7-15-14(10-12)8-9-19-16(15)21-17(23)13-4-2-1-3-5-13/h1-10H,11H2,(H,19,21,23). The molecule has 0 saturated heterocycles. The highest BCUT2D eigenvalue weighted by Gasteiger charge is 2.09. The Kier molecular flexibility index (Phi) is 4.18. The van der Waals surface area contributed by atoms with Crippen LogP contribution in [0.4, 0.5) is 5.82 Å². The zero-order valence-electron chi connectivity index (χ0n) is 12.2. The minimum atomic E-state index is -0.205. The lowest BCUT2D eigenvalue weighted by Gasteiger charge is -2.08. The third-order valence-corrected chi connectivity index (χ3v) is 3.41. The van der Waals surface area contributed by atoms with Crippen LogP contribution in [0.3, 0.4) is 0 Å². The number of fused-ring (bicyclic) bond motifs is 1. The molecule has 2 aromatic carbocycles. The number of anilines is 1. The van der Waals surface area contributed by atoms with Crippen LogP contribution >= 0.6 is 0 Å². The Morgan fingerprint density at radius 2 is 2.00 bits per heavy atom. The van der Waals surface area contributed by atoms with Crippen LogP contribution in [-0.4, -0.2) is 10.9 Å². The molecule has 112 valence electrons. The molecular weight excluding hydrogens is 290 g/mol. The zero-order chi connectivity index (χ0) is 16.1. The maximum Gasteiger partial charge on any atom is 0.256 e. The largest absolute Gasteiger partial charge is 0.306 e. The lowest BCUT2D eigenvalue weighted by Crippen LogP contribution is -2.13. The second kappa shape index (κ2) is 6.60.